The first-order chi connectivity index (χ1) is 15.6. The van der Waals surface area contributed by atoms with Crippen molar-refractivity contribution >= 4 is 27.9 Å². The Bertz CT molecular complexity index is 822. The van der Waals surface area contributed by atoms with Crippen LogP contribution in [0.25, 0.3) is 0 Å². The molecule has 1 aromatic rings. The summed E-state index contributed by atoms with van der Waals surface area (Å²) in [6.07, 6.45) is 8.16. The Morgan fingerprint density at radius 1 is 1.18 bits per heavy atom. The van der Waals surface area contributed by atoms with Crippen molar-refractivity contribution in [3.8, 4) is 0 Å². The molecule has 1 aromatic carbocycles. The Labute approximate surface area is 202 Å². The molecule has 8 nitrogen and oxygen atoms in total. The molecule has 2 heterocycles. The Morgan fingerprint density at radius 3 is 2.30 bits per heavy atom. The molecule has 3 N–H and O–H groups in total. The number of nitrogens with zero attached hydrogens (tertiary/aromatic N) is 1. The third-order valence-electron chi connectivity index (χ3n) is 6.39. The third kappa shape index (κ3) is 9.50. The van der Waals surface area contributed by atoms with E-state index in [0.29, 0.717) is 23.7 Å². The molecule has 3 unspecified atom stereocenters. The first-order valence-electron chi connectivity index (χ1n) is 11.6. The van der Waals surface area contributed by atoms with E-state index in [0.717, 1.165) is 44.1 Å². The number of rotatable bonds is 10. The first kappa shape index (κ1) is 28.0. The number of halogens is 1. The number of piperidine rings is 1. The maximum absolute atomic E-state index is 12.4. The molecule has 188 valence electrons. The maximum Gasteiger partial charge on any atom is 0.333 e. The van der Waals surface area contributed by atoms with Crippen molar-refractivity contribution in [2.45, 2.75) is 82.4 Å². The number of aliphatic hydroxyl groups is 1. The standard InChI is InChI=1S/C17H22ClNO3.C6H15NO3S/c1-19-13-6-7-14(19)9-15(8-13)22-17(21)16(10-20)11-2-4-12(18)5-3-11;1-2-3-4-5-6-7-11(8,9)10/h2-5,13-16,20H,6-10H2,1H3;7H,2-6H2,1H3,(H,8,9,10). The van der Waals surface area contributed by atoms with E-state index in [9.17, 15) is 18.3 Å². The molecule has 0 saturated carbocycles. The average molecular weight is 505 g/mol. The van der Waals surface area contributed by atoms with E-state index in [1.165, 1.54) is 12.8 Å². The van der Waals surface area contributed by atoms with Gasteiger partial charge in [0, 0.05) is 23.7 Å². The molecule has 0 aromatic heterocycles. The number of carbonyl (C=O) groups excluding carboxylic acids is 1. The lowest BCUT2D eigenvalue weighted by Gasteiger charge is -2.36. The van der Waals surface area contributed by atoms with Crippen LogP contribution in [0, 0.1) is 0 Å². The van der Waals surface area contributed by atoms with Crippen LogP contribution >= 0.6 is 11.6 Å². The summed E-state index contributed by atoms with van der Waals surface area (Å²) in [7, 11) is -1.80. The van der Waals surface area contributed by atoms with Crippen molar-refractivity contribution in [1.82, 2.24) is 9.62 Å². The number of unbranched alkanes of at least 4 members (excludes halogenated alkanes) is 3. The predicted molar refractivity (Wildman–Crippen MR) is 129 cm³/mol. The third-order valence-corrected chi connectivity index (χ3v) is 7.21. The zero-order chi connectivity index (χ0) is 24.4. The van der Waals surface area contributed by atoms with E-state index in [1.807, 2.05) is 4.72 Å². The van der Waals surface area contributed by atoms with Crippen LogP contribution in [0.4, 0.5) is 0 Å². The molecular weight excluding hydrogens is 468 g/mol. The number of fused-ring (bicyclic) bond motifs is 2. The Balaban J connectivity index is 0.000000299. The highest BCUT2D eigenvalue weighted by Crippen LogP contribution is 2.36. The highest BCUT2D eigenvalue weighted by molar-refractivity contribution is 7.83. The fraction of sp³-hybridized carbons (Fsp3) is 0.696. The number of nitrogens with one attached hydrogen (secondary N) is 1. The van der Waals surface area contributed by atoms with Gasteiger partial charge in [-0.15, -0.1) is 0 Å². The number of aliphatic hydroxyl groups excluding tert-OH is 1. The minimum Gasteiger partial charge on any atom is -0.462 e. The van der Waals surface area contributed by atoms with Crippen molar-refractivity contribution in [2.75, 3.05) is 20.2 Å². The second-order valence-electron chi connectivity index (χ2n) is 8.80. The van der Waals surface area contributed by atoms with Gasteiger partial charge in [-0.25, -0.2) is 0 Å². The molecule has 0 aliphatic carbocycles. The van der Waals surface area contributed by atoms with Gasteiger partial charge >= 0.3 is 16.3 Å². The monoisotopic (exact) mass is 504 g/mol. The largest absolute Gasteiger partial charge is 0.462 e. The summed E-state index contributed by atoms with van der Waals surface area (Å²) in [5.74, 6) is -0.964. The zero-order valence-electron chi connectivity index (χ0n) is 19.5. The number of esters is 1. The quantitative estimate of drug-likeness (QED) is 0.253. The normalized spacial score (nSPS) is 23.5. The van der Waals surface area contributed by atoms with Gasteiger partial charge in [-0.3, -0.25) is 9.35 Å². The van der Waals surface area contributed by atoms with Gasteiger partial charge in [0.25, 0.3) is 0 Å². The molecule has 3 rings (SSSR count). The molecule has 2 saturated heterocycles. The first-order valence-corrected chi connectivity index (χ1v) is 13.5. The van der Waals surface area contributed by atoms with E-state index in [1.54, 1.807) is 24.3 Å². The molecule has 0 amide bonds. The topological polar surface area (TPSA) is 116 Å². The minimum absolute atomic E-state index is 0.0254. The van der Waals surface area contributed by atoms with E-state index >= 15 is 0 Å². The number of ether oxygens (including phenoxy) is 1. The Kier molecular flexibility index (Phi) is 11.5. The van der Waals surface area contributed by atoms with Crippen LogP contribution in [0.5, 0.6) is 0 Å². The maximum atomic E-state index is 12.4. The van der Waals surface area contributed by atoms with Crippen LogP contribution in [0.2, 0.25) is 5.02 Å². The van der Waals surface area contributed by atoms with Gasteiger partial charge in [0.1, 0.15) is 12.0 Å². The Morgan fingerprint density at radius 2 is 1.79 bits per heavy atom. The molecule has 2 bridgehead atoms. The van der Waals surface area contributed by atoms with Crippen LogP contribution in [0.1, 0.15) is 69.8 Å². The predicted octanol–water partition coefficient (Wildman–Crippen LogP) is 3.54. The molecule has 0 radical (unpaired) electrons. The highest BCUT2D eigenvalue weighted by Gasteiger charge is 2.40. The van der Waals surface area contributed by atoms with Gasteiger partial charge in [-0.05, 0) is 56.8 Å². The fourth-order valence-corrected chi connectivity index (χ4v) is 5.00. The summed E-state index contributed by atoms with van der Waals surface area (Å²) in [5, 5.41) is 10.2. The van der Waals surface area contributed by atoms with Crippen LogP contribution in [0.3, 0.4) is 0 Å². The van der Waals surface area contributed by atoms with E-state index in [-0.39, 0.29) is 18.7 Å². The number of hydrogen-bond acceptors (Lipinski definition) is 6. The average Bonchev–Trinajstić information content (AvgIpc) is 2.96. The SMILES string of the molecule is CCCCCCNS(=O)(=O)O.CN1C2CCC1CC(OC(=O)C(CO)c1ccc(Cl)cc1)C2. The number of carbonyl (C=O) groups is 1. The second-order valence-corrected chi connectivity index (χ2v) is 10.5. The van der Waals surface area contributed by atoms with Crippen molar-refractivity contribution in [2.24, 2.45) is 0 Å². The van der Waals surface area contributed by atoms with Gasteiger partial charge in [0.15, 0.2) is 0 Å². The summed E-state index contributed by atoms with van der Waals surface area (Å²) in [6.45, 7) is 2.16. The van der Waals surface area contributed by atoms with Gasteiger partial charge in [-0.1, -0.05) is 49.9 Å². The second kappa shape index (κ2) is 13.6. The number of benzene rings is 1. The zero-order valence-corrected chi connectivity index (χ0v) is 21.0. The van der Waals surface area contributed by atoms with Crippen molar-refractivity contribution in [1.29, 1.82) is 0 Å². The summed E-state index contributed by atoms with van der Waals surface area (Å²) in [5.41, 5.74) is 0.743. The van der Waals surface area contributed by atoms with Crippen molar-refractivity contribution in [3.05, 3.63) is 34.9 Å². The van der Waals surface area contributed by atoms with Crippen molar-refractivity contribution in [3.63, 3.8) is 0 Å². The number of hydrogen-bond donors (Lipinski definition) is 3. The molecular formula is C23H37ClN2O6S. The van der Waals surface area contributed by atoms with Crippen molar-refractivity contribution < 1.29 is 27.6 Å². The highest BCUT2D eigenvalue weighted by atomic mass is 35.5. The summed E-state index contributed by atoms with van der Waals surface area (Å²) >= 11 is 5.86. The van der Waals surface area contributed by atoms with Crippen LogP contribution in [0.15, 0.2) is 24.3 Å². The molecule has 10 heteroatoms. The summed E-state index contributed by atoms with van der Waals surface area (Å²) in [4.78, 5) is 14.8. The smallest absolute Gasteiger partial charge is 0.333 e. The lowest BCUT2D eigenvalue weighted by atomic mass is 9.98. The lowest BCUT2D eigenvalue weighted by Crippen LogP contribution is -2.43. The van der Waals surface area contributed by atoms with E-state index < -0.39 is 16.2 Å². The molecule has 3 atom stereocenters. The van der Waals surface area contributed by atoms with E-state index in [2.05, 4.69) is 18.9 Å². The van der Waals surface area contributed by atoms with Crippen LogP contribution in [-0.2, 0) is 19.8 Å². The van der Waals surface area contributed by atoms with E-state index in [4.69, 9.17) is 20.9 Å². The molecule has 2 fully saturated rings. The fourth-order valence-electron chi connectivity index (χ4n) is 4.47. The van der Waals surface area contributed by atoms with Gasteiger partial charge in [0.05, 0.1) is 6.61 Å². The molecule has 33 heavy (non-hydrogen) atoms. The molecule has 2 aliphatic rings. The molecule has 0 spiro atoms. The minimum atomic E-state index is -3.96. The summed E-state index contributed by atoms with van der Waals surface area (Å²) < 4.78 is 36.2. The van der Waals surface area contributed by atoms with Crippen LogP contribution < -0.4 is 4.72 Å². The van der Waals surface area contributed by atoms with Crippen LogP contribution in [-0.4, -0.2) is 67.3 Å². The van der Waals surface area contributed by atoms with Gasteiger partial charge < -0.3 is 14.7 Å². The summed E-state index contributed by atoms with van der Waals surface area (Å²) in [6, 6.07) is 8.04. The Hall–Kier alpha value is -1.23. The lowest BCUT2D eigenvalue weighted by molar-refractivity contribution is -0.155. The van der Waals surface area contributed by atoms with Gasteiger partial charge in [0.2, 0.25) is 0 Å². The van der Waals surface area contributed by atoms with Gasteiger partial charge in [-0.2, -0.15) is 13.1 Å². The molecule has 2 aliphatic heterocycles.